The van der Waals surface area contributed by atoms with E-state index in [1.54, 1.807) is 0 Å². The summed E-state index contributed by atoms with van der Waals surface area (Å²) in [5, 5.41) is 2.33. The van der Waals surface area contributed by atoms with Gasteiger partial charge in [-0.2, -0.15) is 0 Å². The van der Waals surface area contributed by atoms with Crippen LogP contribution in [0.1, 0.15) is 10.5 Å². The van der Waals surface area contributed by atoms with Gasteiger partial charge >= 0.3 is 0 Å². The van der Waals surface area contributed by atoms with Crippen molar-refractivity contribution in [1.82, 2.24) is 4.98 Å². The van der Waals surface area contributed by atoms with Gasteiger partial charge < -0.3 is 11.1 Å². The van der Waals surface area contributed by atoms with Crippen LogP contribution in [-0.2, 0) is 0 Å². The number of carbonyl (C=O) groups is 1. The maximum Gasteiger partial charge on any atom is 0.274 e. The van der Waals surface area contributed by atoms with Gasteiger partial charge in [-0.05, 0) is 24.3 Å². The molecule has 3 N–H and O–H groups in total. The highest BCUT2D eigenvalue weighted by molar-refractivity contribution is 6.31. The number of amides is 1. The van der Waals surface area contributed by atoms with Crippen LogP contribution in [0.15, 0.2) is 36.5 Å². The monoisotopic (exact) mass is 265 g/mol. The molecule has 0 saturated carbocycles. The number of nitrogen functional groups attached to an aromatic ring is 1. The van der Waals surface area contributed by atoms with Crippen molar-refractivity contribution in [3.8, 4) is 0 Å². The van der Waals surface area contributed by atoms with Gasteiger partial charge in [-0.1, -0.05) is 17.7 Å². The first-order valence-electron chi connectivity index (χ1n) is 5.05. The number of halogens is 2. The Bertz CT molecular complexity index is 586. The van der Waals surface area contributed by atoms with Crippen LogP contribution in [-0.4, -0.2) is 10.9 Å². The molecule has 0 saturated heterocycles. The van der Waals surface area contributed by atoms with Gasteiger partial charge in [0.05, 0.1) is 22.6 Å². The third-order valence-electron chi connectivity index (χ3n) is 2.22. The second-order valence-electron chi connectivity index (χ2n) is 3.53. The zero-order valence-corrected chi connectivity index (χ0v) is 9.91. The lowest BCUT2D eigenvalue weighted by atomic mass is 10.2. The van der Waals surface area contributed by atoms with E-state index in [0.717, 1.165) is 0 Å². The second-order valence-corrected chi connectivity index (χ2v) is 3.94. The first kappa shape index (κ1) is 12.3. The number of nitrogens with zero attached hydrogens (tertiary/aromatic N) is 1. The van der Waals surface area contributed by atoms with E-state index in [1.165, 1.54) is 36.5 Å². The minimum absolute atomic E-state index is 0.00567. The van der Waals surface area contributed by atoms with E-state index in [4.69, 9.17) is 17.3 Å². The molecule has 0 aliphatic carbocycles. The molecule has 0 bridgehead atoms. The molecule has 18 heavy (non-hydrogen) atoms. The number of hydrogen-bond donors (Lipinski definition) is 2. The average molecular weight is 266 g/mol. The van der Waals surface area contributed by atoms with Crippen LogP contribution in [0.25, 0.3) is 0 Å². The Morgan fingerprint density at radius 3 is 2.78 bits per heavy atom. The van der Waals surface area contributed by atoms with Crippen LogP contribution < -0.4 is 11.1 Å². The fourth-order valence-corrected chi connectivity index (χ4v) is 1.50. The summed E-state index contributed by atoms with van der Waals surface area (Å²) < 4.78 is 13.6. The van der Waals surface area contributed by atoms with Gasteiger partial charge in [0.1, 0.15) is 5.69 Å². The summed E-state index contributed by atoms with van der Waals surface area (Å²) in [4.78, 5) is 15.6. The number of aromatic nitrogens is 1. The second kappa shape index (κ2) is 5.01. The SMILES string of the molecule is Nc1ccc(C(=O)Nc2cccc(Cl)c2F)nc1. The molecular formula is C12H9ClFN3O. The molecule has 6 heteroatoms. The van der Waals surface area contributed by atoms with Gasteiger partial charge in [-0.15, -0.1) is 0 Å². The normalized spacial score (nSPS) is 10.1. The summed E-state index contributed by atoms with van der Waals surface area (Å²) in [6.07, 6.45) is 1.35. The zero-order valence-electron chi connectivity index (χ0n) is 9.15. The number of rotatable bonds is 2. The van der Waals surface area contributed by atoms with Crippen molar-refractivity contribution in [2.24, 2.45) is 0 Å². The molecule has 1 heterocycles. The largest absolute Gasteiger partial charge is 0.397 e. The predicted octanol–water partition coefficient (Wildman–Crippen LogP) is 2.71. The van der Waals surface area contributed by atoms with Crippen molar-refractivity contribution in [1.29, 1.82) is 0 Å². The third kappa shape index (κ3) is 2.57. The Kier molecular flexibility index (Phi) is 3.43. The smallest absolute Gasteiger partial charge is 0.274 e. The summed E-state index contributed by atoms with van der Waals surface area (Å²) >= 11 is 5.61. The Morgan fingerprint density at radius 2 is 2.11 bits per heavy atom. The summed E-state index contributed by atoms with van der Waals surface area (Å²) in [6.45, 7) is 0. The standard InChI is InChI=1S/C12H9ClFN3O/c13-8-2-1-3-9(11(8)14)17-12(18)10-5-4-7(15)6-16-10/h1-6H,15H2,(H,17,18). The van der Waals surface area contributed by atoms with E-state index in [-0.39, 0.29) is 16.4 Å². The highest BCUT2D eigenvalue weighted by atomic mass is 35.5. The summed E-state index contributed by atoms with van der Waals surface area (Å²) in [6, 6.07) is 7.34. The van der Waals surface area contributed by atoms with Crippen molar-refractivity contribution in [2.75, 3.05) is 11.1 Å². The average Bonchev–Trinajstić information content (AvgIpc) is 2.36. The molecule has 0 unspecified atom stereocenters. The molecule has 1 amide bonds. The fourth-order valence-electron chi connectivity index (χ4n) is 1.33. The van der Waals surface area contributed by atoms with E-state index >= 15 is 0 Å². The molecule has 2 rings (SSSR count). The topological polar surface area (TPSA) is 68.0 Å². The molecule has 1 aromatic carbocycles. The molecule has 2 aromatic rings. The van der Waals surface area contributed by atoms with Crippen LogP contribution in [0, 0.1) is 5.82 Å². The van der Waals surface area contributed by atoms with Crippen LogP contribution in [0.3, 0.4) is 0 Å². The maximum absolute atomic E-state index is 13.6. The number of hydrogen-bond acceptors (Lipinski definition) is 3. The number of benzene rings is 1. The minimum atomic E-state index is -0.678. The van der Waals surface area contributed by atoms with Gasteiger partial charge in [0, 0.05) is 0 Å². The summed E-state index contributed by atoms with van der Waals surface area (Å²) in [5.74, 6) is -1.21. The lowest BCUT2D eigenvalue weighted by Crippen LogP contribution is -2.14. The van der Waals surface area contributed by atoms with Crippen LogP contribution in [0.2, 0.25) is 5.02 Å². The fraction of sp³-hybridized carbons (Fsp3) is 0. The molecular weight excluding hydrogens is 257 g/mol. The Morgan fingerprint density at radius 1 is 1.33 bits per heavy atom. The van der Waals surface area contributed by atoms with Crippen LogP contribution in [0.5, 0.6) is 0 Å². The molecule has 0 aliphatic rings. The van der Waals surface area contributed by atoms with Crippen molar-refractivity contribution in [2.45, 2.75) is 0 Å². The molecule has 92 valence electrons. The number of nitrogens with one attached hydrogen (secondary N) is 1. The van der Waals surface area contributed by atoms with Gasteiger partial charge in [-0.3, -0.25) is 4.79 Å². The van der Waals surface area contributed by atoms with Gasteiger partial charge in [0.25, 0.3) is 5.91 Å². The lowest BCUT2D eigenvalue weighted by Gasteiger charge is -2.06. The molecule has 1 aromatic heterocycles. The number of nitrogens with two attached hydrogens (primary N) is 1. The summed E-state index contributed by atoms with van der Waals surface area (Å²) in [5.41, 5.74) is 6.04. The van der Waals surface area contributed by atoms with E-state index < -0.39 is 11.7 Å². The first-order chi connectivity index (χ1) is 8.58. The molecule has 0 spiro atoms. The summed E-state index contributed by atoms with van der Waals surface area (Å²) in [7, 11) is 0. The highest BCUT2D eigenvalue weighted by Crippen LogP contribution is 2.22. The lowest BCUT2D eigenvalue weighted by molar-refractivity contribution is 0.102. The van der Waals surface area contributed by atoms with Crippen molar-refractivity contribution in [3.05, 3.63) is 53.1 Å². The number of anilines is 2. The van der Waals surface area contributed by atoms with E-state index in [0.29, 0.717) is 5.69 Å². The number of pyridine rings is 1. The molecule has 0 fully saturated rings. The van der Waals surface area contributed by atoms with Gasteiger partial charge in [-0.25, -0.2) is 9.37 Å². The zero-order chi connectivity index (χ0) is 13.1. The first-order valence-corrected chi connectivity index (χ1v) is 5.42. The van der Waals surface area contributed by atoms with E-state index in [9.17, 15) is 9.18 Å². The van der Waals surface area contributed by atoms with Crippen molar-refractivity contribution < 1.29 is 9.18 Å². The molecule has 0 atom stereocenters. The highest BCUT2D eigenvalue weighted by Gasteiger charge is 2.11. The van der Waals surface area contributed by atoms with E-state index in [1.807, 2.05) is 0 Å². The molecule has 0 radical (unpaired) electrons. The Balaban J connectivity index is 2.21. The Labute approximate surface area is 108 Å². The van der Waals surface area contributed by atoms with Crippen LogP contribution in [0.4, 0.5) is 15.8 Å². The molecule has 0 aliphatic heterocycles. The minimum Gasteiger partial charge on any atom is -0.397 e. The van der Waals surface area contributed by atoms with Gasteiger partial charge in [0.15, 0.2) is 5.82 Å². The predicted molar refractivity (Wildman–Crippen MR) is 68.0 cm³/mol. The molecule has 4 nitrogen and oxygen atoms in total. The number of carbonyl (C=O) groups excluding carboxylic acids is 1. The van der Waals surface area contributed by atoms with Gasteiger partial charge in [0.2, 0.25) is 0 Å². The maximum atomic E-state index is 13.6. The third-order valence-corrected chi connectivity index (χ3v) is 2.51. The van der Waals surface area contributed by atoms with Crippen molar-refractivity contribution >= 4 is 28.9 Å². The quantitative estimate of drug-likeness (QED) is 0.877. The van der Waals surface area contributed by atoms with E-state index in [2.05, 4.69) is 10.3 Å². The Hall–Kier alpha value is -2.14. The van der Waals surface area contributed by atoms with Crippen molar-refractivity contribution in [3.63, 3.8) is 0 Å². The van der Waals surface area contributed by atoms with Crippen LogP contribution >= 0.6 is 11.6 Å².